The predicted octanol–water partition coefficient (Wildman–Crippen LogP) is 4.45. The molecule has 19 heavy (non-hydrogen) atoms. The highest BCUT2D eigenvalue weighted by atomic mass is 79.9. The van der Waals surface area contributed by atoms with Gasteiger partial charge in [-0.2, -0.15) is 13.2 Å². The molecule has 1 unspecified atom stereocenters. The number of methoxy groups -OCH3 is 1. The second-order valence-electron chi connectivity index (χ2n) is 4.21. The molecule has 0 fully saturated rings. The van der Waals surface area contributed by atoms with Gasteiger partial charge in [0, 0.05) is 16.1 Å². The van der Waals surface area contributed by atoms with Crippen LogP contribution < -0.4 is 10.1 Å². The molecule has 0 spiro atoms. The van der Waals surface area contributed by atoms with Crippen molar-refractivity contribution in [2.45, 2.75) is 32.0 Å². The molecule has 0 radical (unpaired) electrons. The molecule has 6 heteroatoms. The first-order valence-corrected chi connectivity index (χ1v) is 6.80. The van der Waals surface area contributed by atoms with E-state index in [0.717, 1.165) is 10.9 Å². The van der Waals surface area contributed by atoms with Gasteiger partial charge in [-0.15, -0.1) is 0 Å². The minimum Gasteiger partial charge on any atom is -0.496 e. The molecule has 0 aromatic heterocycles. The van der Waals surface area contributed by atoms with Crippen molar-refractivity contribution in [2.75, 3.05) is 13.7 Å². The van der Waals surface area contributed by atoms with Gasteiger partial charge in [0.05, 0.1) is 13.5 Å². The molecule has 0 heterocycles. The predicted molar refractivity (Wildman–Crippen MR) is 72.4 cm³/mol. The van der Waals surface area contributed by atoms with Crippen molar-refractivity contribution in [3.8, 4) is 5.75 Å². The largest absolute Gasteiger partial charge is 0.496 e. The van der Waals surface area contributed by atoms with E-state index < -0.39 is 18.6 Å². The fourth-order valence-corrected chi connectivity index (χ4v) is 2.20. The maximum atomic E-state index is 12.7. The number of alkyl halides is 3. The van der Waals surface area contributed by atoms with Crippen LogP contribution in [-0.2, 0) is 0 Å². The lowest BCUT2D eigenvalue weighted by Crippen LogP contribution is -2.27. The summed E-state index contributed by atoms with van der Waals surface area (Å²) in [6, 6.07) is 4.27. The molecule has 0 saturated carbocycles. The van der Waals surface area contributed by atoms with Crippen molar-refractivity contribution in [3.05, 3.63) is 28.2 Å². The van der Waals surface area contributed by atoms with Gasteiger partial charge in [0.15, 0.2) is 0 Å². The maximum Gasteiger partial charge on any atom is 0.390 e. The molecule has 0 aliphatic rings. The first-order valence-electron chi connectivity index (χ1n) is 6.01. The molecule has 1 aromatic rings. The monoisotopic (exact) mass is 339 g/mol. The summed E-state index contributed by atoms with van der Waals surface area (Å²) >= 11 is 3.28. The molecular formula is C13H17BrF3NO. The summed E-state index contributed by atoms with van der Waals surface area (Å²) in [5.41, 5.74) is 0.516. The summed E-state index contributed by atoms with van der Waals surface area (Å²) in [6.45, 7) is 2.44. The van der Waals surface area contributed by atoms with Crippen LogP contribution in [0, 0.1) is 0 Å². The normalized spacial score (nSPS) is 13.4. The Labute approximate surface area is 119 Å². The fraction of sp³-hybridized carbons (Fsp3) is 0.538. The van der Waals surface area contributed by atoms with Gasteiger partial charge in [-0.1, -0.05) is 22.9 Å². The van der Waals surface area contributed by atoms with Gasteiger partial charge in [0.1, 0.15) is 5.75 Å². The van der Waals surface area contributed by atoms with Crippen molar-refractivity contribution in [2.24, 2.45) is 0 Å². The molecule has 1 N–H and O–H groups in total. The van der Waals surface area contributed by atoms with Crippen molar-refractivity contribution < 1.29 is 17.9 Å². The van der Waals surface area contributed by atoms with Gasteiger partial charge in [0.2, 0.25) is 0 Å². The van der Waals surface area contributed by atoms with Gasteiger partial charge in [-0.25, -0.2) is 0 Å². The summed E-state index contributed by atoms with van der Waals surface area (Å²) in [4.78, 5) is 0. The highest BCUT2D eigenvalue weighted by Crippen LogP contribution is 2.35. The number of hydrogen-bond acceptors (Lipinski definition) is 2. The third-order valence-corrected chi connectivity index (χ3v) is 3.14. The molecule has 1 atom stereocenters. The van der Waals surface area contributed by atoms with E-state index in [4.69, 9.17) is 4.74 Å². The highest BCUT2D eigenvalue weighted by Gasteiger charge is 2.33. The lowest BCUT2D eigenvalue weighted by Gasteiger charge is -2.22. The van der Waals surface area contributed by atoms with Crippen LogP contribution in [0.15, 0.2) is 22.7 Å². The van der Waals surface area contributed by atoms with Crippen molar-refractivity contribution >= 4 is 15.9 Å². The molecular weight excluding hydrogens is 323 g/mol. The summed E-state index contributed by atoms with van der Waals surface area (Å²) in [7, 11) is 1.46. The molecule has 2 nitrogen and oxygen atoms in total. The Kier molecular flexibility index (Phi) is 6.13. The van der Waals surface area contributed by atoms with E-state index in [1.54, 1.807) is 18.2 Å². The summed E-state index contributed by atoms with van der Waals surface area (Å²) in [5.74, 6) is 0.459. The second kappa shape index (κ2) is 7.14. The Balaban J connectivity index is 3.04. The summed E-state index contributed by atoms with van der Waals surface area (Å²) in [6.07, 6.45) is -4.37. The lowest BCUT2D eigenvalue weighted by molar-refractivity contribution is -0.140. The van der Waals surface area contributed by atoms with E-state index in [9.17, 15) is 13.2 Å². The SMILES string of the molecule is CCCNC(CC(F)(F)F)c1cc(Br)ccc1OC. The molecule has 0 bridgehead atoms. The van der Waals surface area contributed by atoms with Crippen molar-refractivity contribution in [1.29, 1.82) is 0 Å². The molecule has 0 aliphatic heterocycles. The number of nitrogens with one attached hydrogen (secondary N) is 1. The van der Waals surface area contributed by atoms with Crippen LogP contribution in [0.2, 0.25) is 0 Å². The summed E-state index contributed by atoms with van der Waals surface area (Å²) in [5, 5.41) is 2.92. The standard InChI is InChI=1S/C13H17BrF3NO/c1-3-6-18-11(8-13(15,16)17)10-7-9(14)4-5-12(10)19-2/h4-5,7,11,18H,3,6,8H2,1-2H3. The van der Waals surface area contributed by atoms with Gasteiger partial charge in [0.25, 0.3) is 0 Å². The van der Waals surface area contributed by atoms with E-state index in [0.29, 0.717) is 17.9 Å². The van der Waals surface area contributed by atoms with Gasteiger partial charge < -0.3 is 10.1 Å². The quantitative estimate of drug-likeness (QED) is 0.826. The Morgan fingerprint density at radius 3 is 2.58 bits per heavy atom. The number of benzene rings is 1. The van der Waals surface area contributed by atoms with Crippen LogP contribution in [-0.4, -0.2) is 19.8 Å². The Bertz CT molecular complexity index is 409. The maximum absolute atomic E-state index is 12.7. The third kappa shape index (κ3) is 5.40. The van der Waals surface area contributed by atoms with E-state index in [1.165, 1.54) is 7.11 Å². The van der Waals surface area contributed by atoms with Crippen LogP contribution in [0.3, 0.4) is 0 Å². The molecule has 0 saturated heterocycles. The Hall–Kier alpha value is -0.750. The Morgan fingerprint density at radius 2 is 2.05 bits per heavy atom. The first-order chi connectivity index (χ1) is 8.87. The van der Waals surface area contributed by atoms with Crippen molar-refractivity contribution in [1.82, 2.24) is 5.32 Å². The van der Waals surface area contributed by atoms with E-state index in [-0.39, 0.29) is 0 Å². The number of halogens is 4. The van der Waals surface area contributed by atoms with Crippen LogP contribution in [0.4, 0.5) is 13.2 Å². The number of hydrogen-bond donors (Lipinski definition) is 1. The van der Waals surface area contributed by atoms with E-state index in [1.807, 2.05) is 6.92 Å². The minimum atomic E-state index is -4.22. The molecule has 1 rings (SSSR count). The second-order valence-corrected chi connectivity index (χ2v) is 5.13. The van der Waals surface area contributed by atoms with Gasteiger partial charge >= 0.3 is 6.18 Å². The third-order valence-electron chi connectivity index (χ3n) is 2.64. The molecule has 0 aliphatic carbocycles. The van der Waals surface area contributed by atoms with E-state index >= 15 is 0 Å². The highest BCUT2D eigenvalue weighted by molar-refractivity contribution is 9.10. The molecule has 1 aromatic carbocycles. The number of rotatable bonds is 6. The summed E-state index contributed by atoms with van der Waals surface area (Å²) < 4.78 is 43.9. The zero-order valence-electron chi connectivity index (χ0n) is 10.9. The average molecular weight is 340 g/mol. The van der Waals surface area contributed by atoms with Crippen molar-refractivity contribution in [3.63, 3.8) is 0 Å². The smallest absolute Gasteiger partial charge is 0.390 e. The molecule has 0 amide bonds. The van der Waals surface area contributed by atoms with E-state index in [2.05, 4.69) is 21.2 Å². The van der Waals surface area contributed by atoms with Crippen LogP contribution in [0.1, 0.15) is 31.4 Å². The fourth-order valence-electron chi connectivity index (χ4n) is 1.82. The zero-order valence-corrected chi connectivity index (χ0v) is 12.4. The number of ether oxygens (including phenoxy) is 1. The zero-order chi connectivity index (χ0) is 14.5. The van der Waals surface area contributed by atoms with Crippen LogP contribution in [0.25, 0.3) is 0 Å². The minimum absolute atomic E-state index is 0.459. The van der Waals surface area contributed by atoms with Gasteiger partial charge in [-0.05, 0) is 31.2 Å². The van der Waals surface area contributed by atoms with Crippen LogP contribution >= 0.6 is 15.9 Å². The van der Waals surface area contributed by atoms with Crippen LogP contribution in [0.5, 0.6) is 5.75 Å². The lowest BCUT2D eigenvalue weighted by atomic mass is 10.0. The van der Waals surface area contributed by atoms with Gasteiger partial charge in [-0.3, -0.25) is 0 Å². The Morgan fingerprint density at radius 1 is 1.37 bits per heavy atom. The average Bonchev–Trinajstić information content (AvgIpc) is 2.33. The first kappa shape index (κ1) is 16.3. The molecule has 108 valence electrons. The topological polar surface area (TPSA) is 21.3 Å².